The molecule has 1 unspecified atom stereocenters. The first-order chi connectivity index (χ1) is 9.37. The van der Waals surface area contributed by atoms with Crippen LogP contribution < -0.4 is 5.73 Å². The van der Waals surface area contributed by atoms with Crippen LogP contribution in [0.1, 0.15) is 36.6 Å². The molecule has 0 saturated carbocycles. The molecule has 1 atom stereocenters. The number of pyridine rings is 1. The summed E-state index contributed by atoms with van der Waals surface area (Å²) in [6, 6.07) is 9.01. The van der Waals surface area contributed by atoms with Crippen LogP contribution in [0.4, 0.5) is 13.2 Å². The maximum Gasteiger partial charge on any atom is 0.389 e. The number of benzene rings is 1. The van der Waals surface area contributed by atoms with Gasteiger partial charge in [-0.15, -0.1) is 0 Å². The van der Waals surface area contributed by atoms with Gasteiger partial charge >= 0.3 is 6.18 Å². The highest BCUT2D eigenvalue weighted by molar-refractivity contribution is 5.82. The lowest BCUT2D eigenvalue weighted by Crippen LogP contribution is -2.14. The van der Waals surface area contributed by atoms with E-state index in [1.54, 1.807) is 0 Å². The fourth-order valence-electron chi connectivity index (χ4n) is 2.33. The molecule has 0 spiro atoms. The van der Waals surface area contributed by atoms with Crippen molar-refractivity contribution in [1.29, 1.82) is 0 Å². The SMILES string of the molecule is Cc1cc(C(N)CCCC(F)(F)F)c2ccccc2n1. The number of nitrogens with two attached hydrogens (primary N) is 1. The summed E-state index contributed by atoms with van der Waals surface area (Å²) >= 11 is 0. The highest BCUT2D eigenvalue weighted by atomic mass is 19.4. The first-order valence-corrected chi connectivity index (χ1v) is 6.55. The number of hydrogen-bond donors (Lipinski definition) is 1. The van der Waals surface area contributed by atoms with E-state index in [4.69, 9.17) is 5.73 Å². The van der Waals surface area contributed by atoms with Crippen LogP contribution in [0, 0.1) is 6.92 Å². The van der Waals surface area contributed by atoms with Crippen molar-refractivity contribution in [2.75, 3.05) is 0 Å². The number of aromatic nitrogens is 1. The average Bonchev–Trinajstić information content (AvgIpc) is 2.36. The van der Waals surface area contributed by atoms with Crippen LogP contribution in [0.25, 0.3) is 10.9 Å². The third-order valence-corrected chi connectivity index (χ3v) is 3.25. The van der Waals surface area contributed by atoms with Gasteiger partial charge in [-0.3, -0.25) is 4.98 Å². The van der Waals surface area contributed by atoms with E-state index in [0.717, 1.165) is 22.2 Å². The molecule has 0 aliphatic heterocycles. The first kappa shape index (κ1) is 14.8. The fraction of sp³-hybridized carbons (Fsp3) is 0.400. The number of para-hydroxylation sites is 1. The topological polar surface area (TPSA) is 38.9 Å². The Labute approximate surface area is 115 Å². The van der Waals surface area contributed by atoms with E-state index in [-0.39, 0.29) is 6.42 Å². The number of hydrogen-bond acceptors (Lipinski definition) is 2. The Morgan fingerprint density at radius 1 is 1.25 bits per heavy atom. The maximum atomic E-state index is 12.2. The molecule has 1 aromatic carbocycles. The Morgan fingerprint density at radius 3 is 2.65 bits per heavy atom. The predicted octanol–water partition coefficient (Wildman–Crippen LogP) is 4.28. The van der Waals surface area contributed by atoms with Crippen molar-refractivity contribution in [3.63, 3.8) is 0 Å². The van der Waals surface area contributed by atoms with Gasteiger partial charge in [-0.2, -0.15) is 13.2 Å². The van der Waals surface area contributed by atoms with E-state index >= 15 is 0 Å². The van der Waals surface area contributed by atoms with Gasteiger partial charge in [0.2, 0.25) is 0 Å². The van der Waals surface area contributed by atoms with Gasteiger partial charge in [-0.05, 0) is 37.5 Å². The Hall–Kier alpha value is -1.62. The summed E-state index contributed by atoms with van der Waals surface area (Å²) in [6.45, 7) is 1.86. The van der Waals surface area contributed by atoms with Crippen LogP contribution in [0.15, 0.2) is 30.3 Å². The van der Waals surface area contributed by atoms with Gasteiger partial charge in [0, 0.05) is 23.5 Å². The second-order valence-electron chi connectivity index (χ2n) is 4.98. The minimum Gasteiger partial charge on any atom is -0.324 e. The monoisotopic (exact) mass is 282 g/mol. The van der Waals surface area contributed by atoms with Crippen molar-refractivity contribution < 1.29 is 13.2 Å². The molecular formula is C15H17F3N2. The van der Waals surface area contributed by atoms with E-state index in [1.165, 1.54) is 0 Å². The van der Waals surface area contributed by atoms with Gasteiger partial charge in [-0.25, -0.2) is 0 Å². The Morgan fingerprint density at radius 2 is 1.95 bits per heavy atom. The summed E-state index contributed by atoms with van der Waals surface area (Å²) in [5.41, 5.74) is 8.59. The van der Waals surface area contributed by atoms with Gasteiger partial charge in [0.25, 0.3) is 0 Å². The normalized spacial score (nSPS) is 13.7. The number of fused-ring (bicyclic) bond motifs is 1. The molecule has 2 N–H and O–H groups in total. The van der Waals surface area contributed by atoms with Crippen molar-refractivity contribution in [3.05, 3.63) is 41.6 Å². The van der Waals surface area contributed by atoms with Crippen LogP contribution >= 0.6 is 0 Å². The highest BCUT2D eigenvalue weighted by Crippen LogP contribution is 2.28. The predicted molar refractivity (Wildman–Crippen MR) is 73.3 cm³/mol. The van der Waals surface area contributed by atoms with Crippen LogP contribution in [0.3, 0.4) is 0 Å². The Balaban J connectivity index is 2.19. The molecule has 0 aliphatic rings. The van der Waals surface area contributed by atoms with Crippen molar-refractivity contribution >= 4 is 10.9 Å². The van der Waals surface area contributed by atoms with Crippen LogP contribution in [0.5, 0.6) is 0 Å². The van der Waals surface area contributed by atoms with Gasteiger partial charge in [0.05, 0.1) is 5.52 Å². The number of nitrogens with zero attached hydrogens (tertiary/aromatic N) is 1. The van der Waals surface area contributed by atoms with Gasteiger partial charge in [0.15, 0.2) is 0 Å². The Bertz CT molecular complexity index is 593. The lowest BCUT2D eigenvalue weighted by Gasteiger charge is -2.16. The smallest absolute Gasteiger partial charge is 0.324 e. The second kappa shape index (κ2) is 5.79. The summed E-state index contributed by atoms with van der Waals surface area (Å²) in [6.07, 6.45) is -4.55. The number of halogens is 3. The molecule has 5 heteroatoms. The van der Waals surface area contributed by atoms with Gasteiger partial charge < -0.3 is 5.73 Å². The molecule has 0 fully saturated rings. The van der Waals surface area contributed by atoms with Crippen molar-refractivity contribution in [3.8, 4) is 0 Å². The zero-order valence-corrected chi connectivity index (χ0v) is 11.2. The van der Waals surface area contributed by atoms with Gasteiger partial charge in [-0.1, -0.05) is 18.2 Å². The summed E-state index contributed by atoms with van der Waals surface area (Å²) < 4.78 is 36.5. The molecule has 2 aromatic rings. The van der Waals surface area contributed by atoms with E-state index in [9.17, 15) is 13.2 Å². The average molecular weight is 282 g/mol. The molecule has 0 bridgehead atoms. The lowest BCUT2D eigenvalue weighted by atomic mass is 9.97. The maximum absolute atomic E-state index is 12.2. The molecule has 0 saturated heterocycles. The lowest BCUT2D eigenvalue weighted by molar-refractivity contribution is -0.135. The van der Waals surface area contributed by atoms with Crippen molar-refractivity contribution in [2.24, 2.45) is 5.73 Å². The second-order valence-corrected chi connectivity index (χ2v) is 4.98. The molecule has 0 amide bonds. The molecule has 0 radical (unpaired) electrons. The third-order valence-electron chi connectivity index (χ3n) is 3.25. The molecule has 0 aliphatic carbocycles. The third kappa shape index (κ3) is 3.70. The fourth-order valence-corrected chi connectivity index (χ4v) is 2.33. The Kier molecular flexibility index (Phi) is 4.28. The standard InChI is InChI=1S/C15H17F3N2/c1-10-9-12(11-5-2-3-7-14(11)20-10)13(19)6-4-8-15(16,17)18/h2-3,5,7,9,13H,4,6,8,19H2,1H3. The van der Waals surface area contributed by atoms with Crippen molar-refractivity contribution in [1.82, 2.24) is 4.98 Å². The van der Waals surface area contributed by atoms with E-state index in [0.29, 0.717) is 6.42 Å². The molecule has 20 heavy (non-hydrogen) atoms. The number of rotatable bonds is 4. The molecule has 1 aromatic heterocycles. The molecule has 108 valence electrons. The zero-order valence-electron chi connectivity index (χ0n) is 11.2. The number of aryl methyl sites for hydroxylation is 1. The van der Waals surface area contributed by atoms with E-state index in [1.807, 2.05) is 37.3 Å². The molecular weight excluding hydrogens is 265 g/mol. The van der Waals surface area contributed by atoms with E-state index in [2.05, 4.69) is 4.98 Å². The quantitative estimate of drug-likeness (QED) is 0.909. The summed E-state index contributed by atoms with van der Waals surface area (Å²) in [5, 5.41) is 0.914. The molecule has 1 heterocycles. The highest BCUT2D eigenvalue weighted by Gasteiger charge is 2.26. The van der Waals surface area contributed by atoms with Crippen molar-refractivity contribution in [2.45, 2.75) is 38.4 Å². The summed E-state index contributed by atoms with van der Waals surface area (Å²) in [5.74, 6) is 0. The number of alkyl halides is 3. The van der Waals surface area contributed by atoms with Crippen LogP contribution in [0.2, 0.25) is 0 Å². The minimum atomic E-state index is -4.12. The van der Waals surface area contributed by atoms with Crippen LogP contribution in [-0.2, 0) is 0 Å². The largest absolute Gasteiger partial charge is 0.389 e. The first-order valence-electron chi connectivity index (χ1n) is 6.55. The van der Waals surface area contributed by atoms with Crippen LogP contribution in [-0.4, -0.2) is 11.2 Å². The van der Waals surface area contributed by atoms with Gasteiger partial charge in [0.1, 0.15) is 0 Å². The van der Waals surface area contributed by atoms with E-state index < -0.39 is 18.6 Å². The minimum absolute atomic E-state index is 0.0420. The molecule has 2 nitrogen and oxygen atoms in total. The summed E-state index contributed by atoms with van der Waals surface area (Å²) in [7, 11) is 0. The molecule has 2 rings (SSSR count). The summed E-state index contributed by atoms with van der Waals surface area (Å²) in [4.78, 5) is 4.40. The zero-order chi connectivity index (χ0) is 14.8.